The highest BCUT2D eigenvalue weighted by Gasteiger charge is 2.26. The smallest absolute Gasteiger partial charge is 0.260 e. The van der Waals surface area contributed by atoms with Crippen LogP contribution in [0.25, 0.3) is 0 Å². The van der Waals surface area contributed by atoms with Gasteiger partial charge in [0.1, 0.15) is 11.5 Å². The Hall–Kier alpha value is -1.84. The number of piperidine rings is 1. The number of hydrogen-bond acceptors (Lipinski definition) is 3. The minimum Gasteiger partial charge on any atom is -0.483 e. The third-order valence-electron chi connectivity index (χ3n) is 4.56. The Labute approximate surface area is 132 Å². The van der Waals surface area contributed by atoms with Crippen LogP contribution in [-0.2, 0) is 9.59 Å². The summed E-state index contributed by atoms with van der Waals surface area (Å²) in [5.74, 6) is 1.22. The Morgan fingerprint density at radius 2 is 1.91 bits per heavy atom. The summed E-state index contributed by atoms with van der Waals surface area (Å²) in [6.45, 7) is 7.31. The third-order valence-corrected chi connectivity index (χ3v) is 4.56. The molecule has 0 aliphatic carbocycles. The van der Waals surface area contributed by atoms with E-state index in [1.165, 1.54) is 0 Å². The van der Waals surface area contributed by atoms with Crippen LogP contribution in [0.2, 0.25) is 0 Å². The molecule has 0 saturated carbocycles. The van der Waals surface area contributed by atoms with E-state index in [9.17, 15) is 9.59 Å². The zero-order chi connectivity index (χ0) is 16.1. The van der Waals surface area contributed by atoms with Crippen molar-refractivity contribution in [2.24, 2.45) is 5.92 Å². The van der Waals surface area contributed by atoms with Gasteiger partial charge in [0, 0.05) is 25.4 Å². The first-order valence-electron chi connectivity index (χ1n) is 8.02. The molecule has 0 spiro atoms. The molecular formula is C18H25NO3. The summed E-state index contributed by atoms with van der Waals surface area (Å²) in [6.07, 6.45) is 2.15. The molecule has 1 aliphatic heterocycles. The third kappa shape index (κ3) is 3.87. The van der Waals surface area contributed by atoms with Gasteiger partial charge in [0.25, 0.3) is 5.91 Å². The molecule has 0 atom stereocenters. The van der Waals surface area contributed by atoms with Crippen LogP contribution in [0.4, 0.5) is 0 Å². The van der Waals surface area contributed by atoms with E-state index in [1.807, 2.05) is 43.9 Å². The summed E-state index contributed by atoms with van der Waals surface area (Å²) in [4.78, 5) is 25.7. The van der Waals surface area contributed by atoms with Crippen molar-refractivity contribution >= 4 is 11.7 Å². The van der Waals surface area contributed by atoms with Crippen molar-refractivity contribution in [1.82, 2.24) is 4.90 Å². The monoisotopic (exact) mass is 303 g/mol. The molecule has 0 N–H and O–H groups in total. The summed E-state index contributed by atoms with van der Waals surface area (Å²) < 4.78 is 5.67. The van der Waals surface area contributed by atoms with E-state index in [0.717, 1.165) is 29.7 Å². The zero-order valence-corrected chi connectivity index (χ0v) is 13.7. The Bertz CT molecular complexity index is 545. The number of carbonyl (C=O) groups is 2. The molecule has 120 valence electrons. The first-order valence-corrected chi connectivity index (χ1v) is 8.02. The minimum absolute atomic E-state index is 0.00306. The van der Waals surface area contributed by atoms with E-state index >= 15 is 0 Å². The van der Waals surface area contributed by atoms with E-state index in [1.54, 1.807) is 0 Å². The van der Waals surface area contributed by atoms with Crippen molar-refractivity contribution in [2.75, 3.05) is 19.7 Å². The number of carbonyl (C=O) groups excluding carboxylic acids is 2. The number of aryl methyl sites for hydroxylation is 1. The van der Waals surface area contributed by atoms with Gasteiger partial charge in [-0.25, -0.2) is 0 Å². The molecule has 4 heteroatoms. The first-order chi connectivity index (χ1) is 10.5. The Morgan fingerprint density at radius 3 is 2.55 bits per heavy atom. The van der Waals surface area contributed by atoms with Crippen LogP contribution in [0, 0.1) is 19.8 Å². The van der Waals surface area contributed by atoms with Crippen molar-refractivity contribution in [3.8, 4) is 5.75 Å². The number of hydrogen-bond donors (Lipinski definition) is 0. The quantitative estimate of drug-likeness (QED) is 0.840. The molecule has 22 heavy (non-hydrogen) atoms. The van der Waals surface area contributed by atoms with Crippen molar-refractivity contribution in [3.05, 3.63) is 29.3 Å². The molecule has 4 nitrogen and oxygen atoms in total. The number of rotatable bonds is 5. The molecule has 1 heterocycles. The Kier molecular flexibility index (Phi) is 5.58. The van der Waals surface area contributed by atoms with Crippen LogP contribution in [0.1, 0.15) is 37.3 Å². The largest absolute Gasteiger partial charge is 0.483 e. The fourth-order valence-corrected chi connectivity index (χ4v) is 2.85. The van der Waals surface area contributed by atoms with Crippen LogP contribution in [0.3, 0.4) is 0 Å². The molecule has 1 aromatic rings. The van der Waals surface area contributed by atoms with Crippen molar-refractivity contribution in [2.45, 2.75) is 40.0 Å². The predicted octanol–water partition coefficient (Wildman–Crippen LogP) is 2.90. The molecule has 0 bridgehead atoms. The van der Waals surface area contributed by atoms with E-state index in [-0.39, 0.29) is 18.4 Å². The lowest BCUT2D eigenvalue weighted by atomic mass is 9.91. The van der Waals surface area contributed by atoms with Crippen LogP contribution >= 0.6 is 0 Å². The van der Waals surface area contributed by atoms with Crippen LogP contribution < -0.4 is 4.74 Å². The molecular weight excluding hydrogens is 278 g/mol. The number of ether oxygens (including phenoxy) is 1. The normalized spacial score (nSPS) is 15.7. The Morgan fingerprint density at radius 1 is 1.23 bits per heavy atom. The second-order valence-electron chi connectivity index (χ2n) is 5.96. The number of amides is 1. The summed E-state index contributed by atoms with van der Waals surface area (Å²) in [6, 6.07) is 5.85. The lowest BCUT2D eigenvalue weighted by Gasteiger charge is -2.31. The molecule has 1 aliphatic rings. The molecule has 0 unspecified atom stereocenters. The fraction of sp³-hybridized carbons (Fsp3) is 0.556. The summed E-state index contributed by atoms with van der Waals surface area (Å²) >= 11 is 0. The number of likely N-dealkylation sites (tertiary alicyclic amines) is 1. The maximum Gasteiger partial charge on any atom is 0.260 e. The van der Waals surface area contributed by atoms with E-state index in [4.69, 9.17) is 4.74 Å². The molecule has 0 radical (unpaired) electrons. The van der Waals surface area contributed by atoms with E-state index < -0.39 is 0 Å². The van der Waals surface area contributed by atoms with Crippen molar-refractivity contribution < 1.29 is 14.3 Å². The van der Waals surface area contributed by atoms with Crippen LogP contribution in [-0.4, -0.2) is 36.3 Å². The number of ketones is 1. The summed E-state index contributed by atoms with van der Waals surface area (Å²) in [7, 11) is 0. The van der Waals surface area contributed by atoms with Gasteiger partial charge in [-0.3, -0.25) is 9.59 Å². The minimum atomic E-state index is 0.00306. The predicted molar refractivity (Wildman–Crippen MR) is 86.0 cm³/mol. The van der Waals surface area contributed by atoms with Crippen LogP contribution in [0.15, 0.2) is 18.2 Å². The number of Topliss-reactive ketones (excluding diaryl/α,β-unsaturated/α-hetero) is 1. The lowest BCUT2D eigenvalue weighted by molar-refractivity contribution is -0.136. The highest BCUT2D eigenvalue weighted by atomic mass is 16.5. The van der Waals surface area contributed by atoms with Gasteiger partial charge in [-0.05, 0) is 43.9 Å². The van der Waals surface area contributed by atoms with E-state index in [2.05, 4.69) is 0 Å². The molecule has 2 rings (SSSR count). The maximum atomic E-state index is 12.2. The summed E-state index contributed by atoms with van der Waals surface area (Å²) in [5, 5.41) is 0. The van der Waals surface area contributed by atoms with Gasteiger partial charge in [-0.2, -0.15) is 0 Å². The molecule has 1 amide bonds. The van der Waals surface area contributed by atoms with Gasteiger partial charge in [0.15, 0.2) is 6.61 Å². The van der Waals surface area contributed by atoms with Gasteiger partial charge in [-0.1, -0.05) is 19.1 Å². The zero-order valence-electron chi connectivity index (χ0n) is 13.7. The topological polar surface area (TPSA) is 46.6 Å². The SMILES string of the molecule is CCC(=O)C1CCN(C(=O)COc2cccc(C)c2C)CC1. The van der Waals surface area contributed by atoms with Crippen molar-refractivity contribution in [3.63, 3.8) is 0 Å². The van der Waals surface area contributed by atoms with Gasteiger partial charge in [-0.15, -0.1) is 0 Å². The second-order valence-corrected chi connectivity index (χ2v) is 5.96. The average molecular weight is 303 g/mol. The highest BCUT2D eigenvalue weighted by molar-refractivity contribution is 5.82. The van der Waals surface area contributed by atoms with Gasteiger partial charge >= 0.3 is 0 Å². The molecule has 1 saturated heterocycles. The highest BCUT2D eigenvalue weighted by Crippen LogP contribution is 2.22. The van der Waals surface area contributed by atoms with Gasteiger partial charge in [0.2, 0.25) is 0 Å². The maximum absolute atomic E-state index is 12.2. The second kappa shape index (κ2) is 7.43. The molecule has 1 fully saturated rings. The molecule has 1 aromatic carbocycles. The standard InChI is InChI=1S/C18H25NO3/c1-4-16(20)15-8-10-19(11-9-15)18(21)12-22-17-7-5-6-13(2)14(17)3/h5-7,15H,4,8-12H2,1-3H3. The fourth-order valence-electron chi connectivity index (χ4n) is 2.85. The van der Waals surface area contributed by atoms with Gasteiger partial charge < -0.3 is 9.64 Å². The average Bonchev–Trinajstić information content (AvgIpc) is 2.55. The Balaban J connectivity index is 1.84. The molecule has 0 aromatic heterocycles. The van der Waals surface area contributed by atoms with Crippen LogP contribution in [0.5, 0.6) is 5.75 Å². The van der Waals surface area contributed by atoms with Crippen molar-refractivity contribution in [1.29, 1.82) is 0 Å². The first kappa shape index (κ1) is 16.5. The number of benzene rings is 1. The van der Waals surface area contributed by atoms with E-state index in [0.29, 0.717) is 25.3 Å². The van der Waals surface area contributed by atoms with Gasteiger partial charge in [0.05, 0.1) is 0 Å². The number of nitrogens with zero attached hydrogens (tertiary/aromatic N) is 1. The summed E-state index contributed by atoms with van der Waals surface area (Å²) in [5.41, 5.74) is 2.23. The lowest BCUT2D eigenvalue weighted by Crippen LogP contribution is -2.42.